The molecule has 2 aromatic rings. The van der Waals surface area contributed by atoms with E-state index in [0.717, 1.165) is 0 Å². The minimum absolute atomic E-state index is 0.0962. The van der Waals surface area contributed by atoms with Crippen molar-refractivity contribution < 1.29 is 23.4 Å². The van der Waals surface area contributed by atoms with Crippen LogP contribution in [0, 0.1) is 11.8 Å². The summed E-state index contributed by atoms with van der Waals surface area (Å²) in [7, 11) is 0. The smallest absolute Gasteiger partial charge is 0.310 e. The van der Waals surface area contributed by atoms with E-state index in [0.29, 0.717) is 22.3 Å². The molecule has 0 fully saturated rings. The fourth-order valence-electron chi connectivity index (χ4n) is 3.03. The third-order valence-electron chi connectivity index (χ3n) is 4.01. The van der Waals surface area contributed by atoms with Gasteiger partial charge in [0.2, 0.25) is 5.95 Å². The Kier molecular flexibility index (Phi) is 6.31. The van der Waals surface area contributed by atoms with Crippen molar-refractivity contribution in [1.82, 2.24) is 4.98 Å². The number of aromatic nitrogens is 1. The number of carbonyl (C=O) groups excluding carboxylic acids is 1. The Bertz CT molecular complexity index is 842. The summed E-state index contributed by atoms with van der Waals surface area (Å²) in [6.45, 7) is 8.36. The predicted octanol–water partition coefficient (Wildman–Crippen LogP) is 4.53. The number of nitrogens with zero attached hydrogens (tertiary/aromatic N) is 1. The number of aliphatic hydroxyl groups is 1. The summed E-state index contributed by atoms with van der Waals surface area (Å²) in [5.41, 5.74) is 1.11. The van der Waals surface area contributed by atoms with Gasteiger partial charge < -0.3 is 9.84 Å². The number of hydrogen-bond donors (Lipinski definition) is 1. The Labute approximate surface area is 158 Å². The SMILES string of the molecule is CC(C)c1c(F)c(CO)cc(-c2ccnc(F)c2)c1CC(=O)OC(C)(C)C. The van der Waals surface area contributed by atoms with Crippen LogP contribution >= 0.6 is 0 Å². The largest absolute Gasteiger partial charge is 0.460 e. The number of hydrogen-bond acceptors (Lipinski definition) is 4. The molecule has 0 radical (unpaired) electrons. The van der Waals surface area contributed by atoms with Crippen molar-refractivity contribution in [1.29, 1.82) is 0 Å². The van der Waals surface area contributed by atoms with Crippen molar-refractivity contribution in [2.75, 3.05) is 0 Å². The number of ether oxygens (including phenoxy) is 1. The summed E-state index contributed by atoms with van der Waals surface area (Å²) in [6, 6.07) is 4.26. The van der Waals surface area contributed by atoms with Crippen LogP contribution in [0.2, 0.25) is 0 Å². The Hall–Kier alpha value is -2.34. The molecule has 2 rings (SSSR count). The van der Waals surface area contributed by atoms with E-state index in [1.807, 2.05) is 0 Å². The number of esters is 1. The lowest BCUT2D eigenvalue weighted by Crippen LogP contribution is -2.25. The van der Waals surface area contributed by atoms with Crippen molar-refractivity contribution in [2.45, 2.75) is 59.2 Å². The van der Waals surface area contributed by atoms with Gasteiger partial charge in [-0.2, -0.15) is 4.39 Å². The van der Waals surface area contributed by atoms with E-state index < -0.39 is 29.9 Å². The number of halogens is 2. The number of carbonyl (C=O) groups is 1. The first-order valence-electron chi connectivity index (χ1n) is 8.82. The quantitative estimate of drug-likeness (QED) is 0.614. The summed E-state index contributed by atoms with van der Waals surface area (Å²) >= 11 is 0. The number of aliphatic hydroxyl groups excluding tert-OH is 1. The fraction of sp³-hybridized carbons (Fsp3) is 0.429. The topological polar surface area (TPSA) is 59.4 Å². The molecule has 1 heterocycles. The maximum absolute atomic E-state index is 14.9. The molecule has 0 amide bonds. The molecule has 146 valence electrons. The van der Waals surface area contributed by atoms with Gasteiger partial charge in [0, 0.05) is 17.8 Å². The molecule has 0 spiro atoms. The molecule has 6 heteroatoms. The zero-order valence-corrected chi connectivity index (χ0v) is 16.3. The molecular formula is C21H25F2NO3. The molecule has 1 aromatic carbocycles. The van der Waals surface area contributed by atoms with E-state index in [4.69, 9.17) is 4.74 Å². The highest BCUT2D eigenvalue weighted by atomic mass is 19.1. The van der Waals surface area contributed by atoms with Gasteiger partial charge in [-0.15, -0.1) is 0 Å². The summed E-state index contributed by atoms with van der Waals surface area (Å²) in [6.07, 6.45) is 1.14. The van der Waals surface area contributed by atoms with Crippen LogP contribution < -0.4 is 0 Å². The third kappa shape index (κ3) is 5.10. The number of pyridine rings is 1. The Balaban J connectivity index is 2.69. The van der Waals surface area contributed by atoms with Gasteiger partial charge in [0.25, 0.3) is 0 Å². The van der Waals surface area contributed by atoms with Crippen LogP contribution in [0.1, 0.15) is 57.2 Å². The van der Waals surface area contributed by atoms with E-state index in [1.165, 1.54) is 18.3 Å². The Morgan fingerprint density at radius 3 is 2.44 bits per heavy atom. The molecule has 0 aliphatic heterocycles. The van der Waals surface area contributed by atoms with Crippen molar-refractivity contribution in [3.05, 3.63) is 52.9 Å². The summed E-state index contributed by atoms with van der Waals surface area (Å²) in [5.74, 6) is -1.99. The van der Waals surface area contributed by atoms with Crippen LogP contribution in [0.25, 0.3) is 11.1 Å². The average Bonchev–Trinajstić information content (AvgIpc) is 2.53. The molecule has 0 bridgehead atoms. The second-order valence-corrected chi connectivity index (χ2v) is 7.73. The molecular weight excluding hydrogens is 352 g/mol. The molecule has 4 nitrogen and oxygen atoms in total. The first kappa shape index (κ1) is 21.0. The molecule has 27 heavy (non-hydrogen) atoms. The van der Waals surface area contributed by atoms with Gasteiger partial charge in [0.15, 0.2) is 0 Å². The van der Waals surface area contributed by atoms with Gasteiger partial charge >= 0.3 is 5.97 Å². The average molecular weight is 377 g/mol. The normalized spacial score (nSPS) is 11.7. The van der Waals surface area contributed by atoms with E-state index in [-0.39, 0.29) is 17.9 Å². The van der Waals surface area contributed by atoms with Crippen molar-refractivity contribution in [2.24, 2.45) is 0 Å². The lowest BCUT2D eigenvalue weighted by molar-refractivity contribution is -0.153. The first-order valence-corrected chi connectivity index (χ1v) is 8.82. The lowest BCUT2D eigenvalue weighted by Gasteiger charge is -2.23. The number of benzene rings is 1. The molecule has 1 N–H and O–H groups in total. The maximum atomic E-state index is 14.9. The summed E-state index contributed by atoms with van der Waals surface area (Å²) in [4.78, 5) is 16.0. The van der Waals surface area contributed by atoms with Gasteiger partial charge in [-0.3, -0.25) is 4.79 Å². The van der Waals surface area contributed by atoms with Crippen molar-refractivity contribution >= 4 is 5.97 Å². The van der Waals surface area contributed by atoms with Crippen LogP contribution in [0.4, 0.5) is 8.78 Å². The van der Waals surface area contributed by atoms with Crippen LogP contribution in [0.5, 0.6) is 0 Å². The highest BCUT2D eigenvalue weighted by molar-refractivity contribution is 5.80. The minimum atomic E-state index is -0.684. The van der Waals surface area contributed by atoms with Gasteiger partial charge in [0.05, 0.1) is 13.0 Å². The lowest BCUT2D eigenvalue weighted by atomic mass is 9.86. The first-order chi connectivity index (χ1) is 12.5. The highest BCUT2D eigenvalue weighted by Crippen LogP contribution is 2.35. The van der Waals surface area contributed by atoms with Crippen LogP contribution in [0.15, 0.2) is 24.4 Å². The molecule has 0 saturated heterocycles. The molecule has 0 atom stereocenters. The summed E-state index contributed by atoms with van der Waals surface area (Å²) in [5, 5.41) is 9.56. The minimum Gasteiger partial charge on any atom is -0.460 e. The molecule has 1 aromatic heterocycles. The monoisotopic (exact) mass is 377 g/mol. The van der Waals surface area contributed by atoms with Gasteiger partial charge in [0.1, 0.15) is 11.4 Å². The standard InChI is InChI=1S/C21H25F2NO3/c1-12(2)19-16(10-18(26)27-21(3,4)5)15(8-14(11-25)20(19)23)13-6-7-24-17(22)9-13/h6-9,12,25H,10-11H2,1-5H3. The predicted molar refractivity (Wildman–Crippen MR) is 99.1 cm³/mol. The van der Waals surface area contributed by atoms with Crippen molar-refractivity contribution in [3.8, 4) is 11.1 Å². The van der Waals surface area contributed by atoms with Crippen LogP contribution in [0.3, 0.4) is 0 Å². The molecule has 0 aliphatic carbocycles. The van der Waals surface area contributed by atoms with E-state index >= 15 is 0 Å². The van der Waals surface area contributed by atoms with Gasteiger partial charge in [-0.25, -0.2) is 9.37 Å². The second-order valence-electron chi connectivity index (χ2n) is 7.73. The summed E-state index contributed by atoms with van der Waals surface area (Å²) < 4.78 is 34.0. The Morgan fingerprint density at radius 2 is 1.93 bits per heavy atom. The zero-order chi connectivity index (χ0) is 20.4. The van der Waals surface area contributed by atoms with Gasteiger partial charge in [-0.05, 0) is 61.1 Å². The number of rotatable bonds is 5. The fourth-order valence-corrected chi connectivity index (χ4v) is 3.03. The van der Waals surface area contributed by atoms with Crippen LogP contribution in [-0.2, 0) is 22.6 Å². The van der Waals surface area contributed by atoms with E-state index in [1.54, 1.807) is 40.7 Å². The molecule has 0 unspecified atom stereocenters. The highest BCUT2D eigenvalue weighted by Gasteiger charge is 2.25. The zero-order valence-electron chi connectivity index (χ0n) is 16.3. The van der Waals surface area contributed by atoms with E-state index in [2.05, 4.69) is 4.98 Å². The van der Waals surface area contributed by atoms with Crippen LogP contribution in [-0.4, -0.2) is 21.7 Å². The molecule has 0 aliphatic rings. The van der Waals surface area contributed by atoms with E-state index in [9.17, 15) is 18.7 Å². The molecule has 0 saturated carbocycles. The Morgan fingerprint density at radius 1 is 1.26 bits per heavy atom. The maximum Gasteiger partial charge on any atom is 0.310 e. The second kappa shape index (κ2) is 8.13. The van der Waals surface area contributed by atoms with Crippen molar-refractivity contribution in [3.63, 3.8) is 0 Å². The third-order valence-corrected chi connectivity index (χ3v) is 4.01. The van der Waals surface area contributed by atoms with Gasteiger partial charge in [-0.1, -0.05) is 13.8 Å².